The Bertz CT molecular complexity index is 412. The second-order valence-corrected chi connectivity index (χ2v) is 6.90. The molecular weight excluding hydrogens is 266 g/mol. The number of fused-ring (bicyclic) bond motifs is 1. The van der Waals surface area contributed by atoms with Gasteiger partial charge in [-0.05, 0) is 51.6 Å². The van der Waals surface area contributed by atoms with Gasteiger partial charge in [0.15, 0.2) is 0 Å². The number of rotatable bonds is 2. The molecule has 3 saturated heterocycles. The number of carbonyl (C=O) groups excluding carboxylic acids is 2. The predicted molar refractivity (Wildman–Crippen MR) is 80.8 cm³/mol. The van der Waals surface area contributed by atoms with Crippen molar-refractivity contribution in [1.29, 1.82) is 0 Å². The maximum Gasteiger partial charge on any atom is 0.245 e. The first-order chi connectivity index (χ1) is 10.1. The van der Waals surface area contributed by atoms with E-state index in [0.29, 0.717) is 18.9 Å². The standard InChI is InChI=1S/C16H27N3O2/c1-17-8-4-5-13(11-17)12-18-10-7-15(20)19-9-3-2-6-14(19)16(18)21/h13-14H,2-12H2,1H3. The molecule has 2 amide bonds. The number of piperidine rings is 2. The molecule has 0 saturated carbocycles. The third-order valence-corrected chi connectivity index (χ3v) is 5.22. The average Bonchev–Trinajstić information content (AvgIpc) is 2.60. The molecule has 0 N–H and O–H groups in total. The summed E-state index contributed by atoms with van der Waals surface area (Å²) >= 11 is 0. The second kappa shape index (κ2) is 6.34. The fourth-order valence-corrected chi connectivity index (χ4v) is 4.10. The lowest BCUT2D eigenvalue weighted by molar-refractivity contribution is -0.143. The zero-order valence-corrected chi connectivity index (χ0v) is 13.1. The van der Waals surface area contributed by atoms with Crippen LogP contribution in [-0.4, -0.2) is 72.3 Å². The first kappa shape index (κ1) is 14.8. The molecule has 0 bridgehead atoms. The summed E-state index contributed by atoms with van der Waals surface area (Å²) in [6.07, 6.45) is 5.90. The second-order valence-electron chi connectivity index (χ2n) is 6.90. The first-order valence-corrected chi connectivity index (χ1v) is 8.42. The van der Waals surface area contributed by atoms with Crippen LogP contribution in [0.25, 0.3) is 0 Å². The van der Waals surface area contributed by atoms with Crippen LogP contribution in [0.4, 0.5) is 0 Å². The Hall–Kier alpha value is -1.10. The highest BCUT2D eigenvalue weighted by molar-refractivity contribution is 5.90. The third kappa shape index (κ3) is 3.23. The van der Waals surface area contributed by atoms with Crippen LogP contribution < -0.4 is 0 Å². The van der Waals surface area contributed by atoms with Gasteiger partial charge in [0, 0.05) is 32.6 Å². The first-order valence-electron chi connectivity index (χ1n) is 8.42. The molecule has 2 unspecified atom stereocenters. The Morgan fingerprint density at radius 2 is 1.90 bits per heavy atom. The summed E-state index contributed by atoms with van der Waals surface area (Å²) in [5.74, 6) is 0.947. The number of amides is 2. The van der Waals surface area contributed by atoms with E-state index in [-0.39, 0.29) is 17.9 Å². The Kier molecular flexibility index (Phi) is 4.48. The van der Waals surface area contributed by atoms with Crippen molar-refractivity contribution in [2.75, 3.05) is 39.8 Å². The molecule has 3 rings (SSSR count). The van der Waals surface area contributed by atoms with Crippen molar-refractivity contribution in [3.63, 3.8) is 0 Å². The lowest BCUT2D eigenvalue weighted by Crippen LogP contribution is -2.51. The van der Waals surface area contributed by atoms with Gasteiger partial charge in [-0.3, -0.25) is 9.59 Å². The summed E-state index contributed by atoms with van der Waals surface area (Å²) in [4.78, 5) is 31.2. The molecule has 21 heavy (non-hydrogen) atoms. The van der Waals surface area contributed by atoms with Crippen LogP contribution in [0.2, 0.25) is 0 Å². The van der Waals surface area contributed by atoms with Crippen molar-refractivity contribution in [2.24, 2.45) is 5.92 Å². The topological polar surface area (TPSA) is 43.9 Å². The summed E-state index contributed by atoms with van der Waals surface area (Å²) in [6.45, 7) is 4.46. The van der Waals surface area contributed by atoms with Gasteiger partial charge in [0.1, 0.15) is 6.04 Å². The number of likely N-dealkylation sites (tertiary alicyclic amines) is 1. The molecule has 118 valence electrons. The van der Waals surface area contributed by atoms with E-state index >= 15 is 0 Å². The van der Waals surface area contributed by atoms with Crippen LogP contribution in [0.5, 0.6) is 0 Å². The highest BCUT2D eigenvalue weighted by atomic mass is 16.2. The van der Waals surface area contributed by atoms with Crippen molar-refractivity contribution >= 4 is 11.8 Å². The van der Waals surface area contributed by atoms with Gasteiger partial charge in [-0.15, -0.1) is 0 Å². The van der Waals surface area contributed by atoms with Gasteiger partial charge in [-0.2, -0.15) is 0 Å². The lowest BCUT2D eigenvalue weighted by Gasteiger charge is -2.36. The van der Waals surface area contributed by atoms with Crippen LogP contribution in [0.3, 0.4) is 0 Å². The highest BCUT2D eigenvalue weighted by Crippen LogP contribution is 2.24. The number of hydrogen-bond donors (Lipinski definition) is 0. The fourth-order valence-electron chi connectivity index (χ4n) is 4.10. The van der Waals surface area contributed by atoms with E-state index in [1.54, 1.807) is 0 Å². The van der Waals surface area contributed by atoms with Crippen LogP contribution >= 0.6 is 0 Å². The number of carbonyl (C=O) groups is 2. The molecule has 3 aliphatic heterocycles. The molecule has 0 aromatic heterocycles. The molecule has 0 aromatic carbocycles. The van der Waals surface area contributed by atoms with E-state index in [4.69, 9.17) is 0 Å². The quantitative estimate of drug-likeness (QED) is 0.761. The van der Waals surface area contributed by atoms with Crippen LogP contribution in [-0.2, 0) is 9.59 Å². The van der Waals surface area contributed by atoms with Crippen LogP contribution in [0.15, 0.2) is 0 Å². The Morgan fingerprint density at radius 1 is 1.05 bits per heavy atom. The molecule has 5 nitrogen and oxygen atoms in total. The molecule has 3 aliphatic rings. The van der Waals surface area contributed by atoms with Gasteiger partial charge in [-0.25, -0.2) is 0 Å². The van der Waals surface area contributed by atoms with Crippen molar-refractivity contribution < 1.29 is 9.59 Å². The maximum atomic E-state index is 12.8. The Morgan fingerprint density at radius 3 is 2.71 bits per heavy atom. The van der Waals surface area contributed by atoms with E-state index in [1.165, 1.54) is 19.4 Å². The van der Waals surface area contributed by atoms with Crippen LogP contribution in [0, 0.1) is 5.92 Å². The summed E-state index contributed by atoms with van der Waals surface area (Å²) in [5.41, 5.74) is 0. The predicted octanol–water partition coefficient (Wildman–Crippen LogP) is 0.942. The molecule has 0 spiro atoms. The number of nitrogens with zero attached hydrogens (tertiary/aromatic N) is 3. The van der Waals surface area contributed by atoms with E-state index in [9.17, 15) is 9.59 Å². The minimum atomic E-state index is -0.171. The van der Waals surface area contributed by atoms with Gasteiger partial charge >= 0.3 is 0 Å². The van der Waals surface area contributed by atoms with Gasteiger partial charge in [0.25, 0.3) is 0 Å². The van der Waals surface area contributed by atoms with Crippen molar-refractivity contribution in [3.8, 4) is 0 Å². The van der Waals surface area contributed by atoms with Gasteiger partial charge < -0.3 is 14.7 Å². The van der Waals surface area contributed by atoms with E-state index in [0.717, 1.165) is 38.9 Å². The summed E-state index contributed by atoms with van der Waals surface area (Å²) in [7, 11) is 2.16. The molecule has 0 aliphatic carbocycles. The highest BCUT2D eigenvalue weighted by Gasteiger charge is 2.38. The SMILES string of the molecule is CN1CCCC(CN2CCC(=O)N3CCCCC3C2=O)C1. The average molecular weight is 293 g/mol. The third-order valence-electron chi connectivity index (χ3n) is 5.22. The lowest BCUT2D eigenvalue weighted by atomic mass is 9.97. The van der Waals surface area contributed by atoms with Gasteiger partial charge in [0.05, 0.1) is 0 Å². The molecular formula is C16H27N3O2. The minimum Gasteiger partial charge on any atom is -0.340 e. The van der Waals surface area contributed by atoms with Gasteiger partial charge in [-0.1, -0.05) is 0 Å². The van der Waals surface area contributed by atoms with E-state index in [1.807, 2.05) is 9.80 Å². The molecule has 0 aromatic rings. The normalized spacial score (nSPS) is 32.0. The Balaban J connectivity index is 1.67. The zero-order valence-electron chi connectivity index (χ0n) is 13.1. The summed E-state index contributed by atoms with van der Waals surface area (Å²) < 4.78 is 0. The van der Waals surface area contributed by atoms with Crippen molar-refractivity contribution in [1.82, 2.24) is 14.7 Å². The van der Waals surface area contributed by atoms with Gasteiger partial charge in [0.2, 0.25) is 11.8 Å². The summed E-state index contributed by atoms with van der Waals surface area (Å²) in [6, 6.07) is -0.171. The molecule has 3 fully saturated rings. The van der Waals surface area contributed by atoms with Crippen molar-refractivity contribution in [3.05, 3.63) is 0 Å². The van der Waals surface area contributed by atoms with Crippen LogP contribution in [0.1, 0.15) is 38.5 Å². The Labute approximate surface area is 127 Å². The summed E-state index contributed by atoms with van der Waals surface area (Å²) in [5, 5.41) is 0. The number of hydrogen-bond acceptors (Lipinski definition) is 3. The largest absolute Gasteiger partial charge is 0.340 e. The molecule has 5 heteroatoms. The van der Waals surface area contributed by atoms with E-state index < -0.39 is 0 Å². The maximum absolute atomic E-state index is 12.8. The van der Waals surface area contributed by atoms with Crippen molar-refractivity contribution in [2.45, 2.75) is 44.6 Å². The minimum absolute atomic E-state index is 0.171. The molecule has 3 heterocycles. The molecule has 0 radical (unpaired) electrons. The monoisotopic (exact) mass is 293 g/mol. The zero-order chi connectivity index (χ0) is 14.8. The molecule has 2 atom stereocenters. The van der Waals surface area contributed by atoms with E-state index in [2.05, 4.69) is 11.9 Å². The smallest absolute Gasteiger partial charge is 0.245 e. The fraction of sp³-hybridized carbons (Fsp3) is 0.875.